The SMILES string of the molecule is COc1ccc(CC(=O)NC(N)=N[C@@H](C=O)Cc2ccccc2)cc1OC. The minimum atomic E-state index is -0.659. The molecule has 0 radical (unpaired) electrons. The van der Waals surface area contributed by atoms with Gasteiger partial charge in [0.1, 0.15) is 12.3 Å². The number of rotatable bonds is 8. The van der Waals surface area contributed by atoms with Crippen molar-refractivity contribution in [2.24, 2.45) is 10.7 Å². The molecule has 0 saturated carbocycles. The molecule has 1 atom stereocenters. The molecular formula is C20H23N3O4. The van der Waals surface area contributed by atoms with E-state index < -0.39 is 6.04 Å². The predicted molar refractivity (Wildman–Crippen MR) is 103 cm³/mol. The average Bonchev–Trinajstić information content (AvgIpc) is 2.67. The molecule has 0 aromatic heterocycles. The Kier molecular flexibility index (Phi) is 7.37. The van der Waals surface area contributed by atoms with E-state index in [0.717, 1.165) is 11.1 Å². The van der Waals surface area contributed by atoms with E-state index in [2.05, 4.69) is 10.3 Å². The summed E-state index contributed by atoms with van der Waals surface area (Å²) in [6.07, 6.45) is 1.21. The number of aldehydes is 1. The molecule has 0 spiro atoms. The van der Waals surface area contributed by atoms with Gasteiger partial charge >= 0.3 is 0 Å². The number of aliphatic imine (C=N–C) groups is 1. The van der Waals surface area contributed by atoms with Crippen molar-refractivity contribution in [2.75, 3.05) is 14.2 Å². The van der Waals surface area contributed by atoms with Gasteiger partial charge in [0.2, 0.25) is 5.91 Å². The number of hydrogen-bond acceptors (Lipinski definition) is 5. The third kappa shape index (κ3) is 6.14. The fourth-order valence-corrected chi connectivity index (χ4v) is 2.55. The highest BCUT2D eigenvalue weighted by molar-refractivity contribution is 5.97. The highest BCUT2D eigenvalue weighted by atomic mass is 16.5. The van der Waals surface area contributed by atoms with Crippen molar-refractivity contribution in [3.8, 4) is 11.5 Å². The van der Waals surface area contributed by atoms with Crippen molar-refractivity contribution in [3.63, 3.8) is 0 Å². The smallest absolute Gasteiger partial charge is 0.231 e. The van der Waals surface area contributed by atoms with Gasteiger partial charge in [0.15, 0.2) is 17.5 Å². The van der Waals surface area contributed by atoms with E-state index in [1.54, 1.807) is 25.3 Å². The molecule has 1 amide bonds. The second-order valence-electron chi connectivity index (χ2n) is 5.82. The van der Waals surface area contributed by atoms with Crippen LogP contribution < -0.4 is 20.5 Å². The Balaban J connectivity index is 1.97. The molecule has 0 fully saturated rings. The van der Waals surface area contributed by atoms with Crippen LogP contribution in [-0.2, 0) is 22.4 Å². The van der Waals surface area contributed by atoms with Gasteiger partial charge in [-0.3, -0.25) is 10.1 Å². The summed E-state index contributed by atoms with van der Waals surface area (Å²) in [5.74, 6) is 0.687. The highest BCUT2D eigenvalue weighted by Crippen LogP contribution is 2.27. The van der Waals surface area contributed by atoms with E-state index in [-0.39, 0.29) is 18.3 Å². The third-order valence-corrected chi connectivity index (χ3v) is 3.83. The van der Waals surface area contributed by atoms with E-state index in [1.165, 1.54) is 7.11 Å². The van der Waals surface area contributed by atoms with Gasteiger partial charge in [-0.2, -0.15) is 0 Å². The first-order valence-corrected chi connectivity index (χ1v) is 8.39. The molecule has 2 aromatic rings. The molecule has 27 heavy (non-hydrogen) atoms. The maximum atomic E-state index is 12.2. The van der Waals surface area contributed by atoms with Crippen molar-refractivity contribution in [2.45, 2.75) is 18.9 Å². The molecule has 0 bridgehead atoms. The van der Waals surface area contributed by atoms with E-state index in [9.17, 15) is 9.59 Å². The molecule has 0 aliphatic heterocycles. The molecule has 0 unspecified atom stereocenters. The van der Waals surface area contributed by atoms with Crippen LogP contribution in [0.3, 0.4) is 0 Å². The number of carbonyl (C=O) groups is 2. The number of benzene rings is 2. The number of nitrogens with zero attached hydrogens (tertiary/aromatic N) is 1. The van der Waals surface area contributed by atoms with E-state index in [4.69, 9.17) is 15.2 Å². The zero-order valence-corrected chi connectivity index (χ0v) is 15.3. The van der Waals surface area contributed by atoms with Crippen molar-refractivity contribution in [3.05, 3.63) is 59.7 Å². The summed E-state index contributed by atoms with van der Waals surface area (Å²) in [7, 11) is 3.07. The summed E-state index contributed by atoms with van der Waals surface area (Å²) in [6, 6.07) is 14.0. The summed E-state index contributed by atoms with van der Waals surface area (Å²) in [5.41, 5.74) is 7.47. The second kappa shape index (κ2) is 9.96. The van der Waals surface area contributed by atoms with Gasteiger partial charge in [-0.05, 0) is 23.3 Å². The molecule has 2 rings (SSSR count). The largest absolute Gasteiger partial charge is 0.493 e. The number of methoxy groups -OCH3 is 2. The minimum absolute atomic E-state index is 0.0843. The van der Waals surface area contributed by atoms with E-state index in [1.807, 2.05) is 30.3 Å². The Bertz CT molecular complexity index is 806. The lowest BCUT2D eigenvalue weighted by atomic mass is 10.1. The monoisotopic (exact) mass is 369 g/mol. The molecule has 2 aromatic carbocycles. The van der Waals surface area contributed by atoms with Crippen molar-refractivity contribution < 1.29 is 19.1 Å². The van der Waals surface area contributed by atoms with Crippen LogP contribution in [0.5, 0.6) is 11.5 Å². The van der Waals surface area contributed by atoms with Gasteiger partial charge in [-0.25, -0.2) is 4.99 Å². The average molecular weight is 369 g/mol. The molecular weight excluding hydrogens is 346 g/mol. The quantitative estimate of drug-likeness (QED) is 0.417. The Morgan fingerprint density at radius 3 is 2.44 bits per heavy atom. The maximum absolute atomic E-state index is 12.2. The van der Waals surface area contributed by atoms with Crippen LogP contribution in [0.4, 0.5) is 0 Å². The normalized spacial score (nSPS) is 12.1. The van der Waals surface area contributed by atoms with Gasteiger partial charge in [-0.1, -0.05) is 36.4 Å². The summed E-state index contributed by atoms with van der Waals surface area (Å²) >= 11 is 0. The third-order valence-electron chi connectivity index (χ3n) is 3.83. The number of nitrogens with one attached hydrogen (secondary N) is 1. The number of amides is 1. The zero-order valence-electron chi connectivity index (χ0n) is 15.3. The molecule has 0 aliphatic rings. The molecule has 0 saturated heterocycles. The van der Waals surface area contributed by atoms with Crippen LogP contribution in [0, 0.1) is 0 Å². The van der Waals surface area contributed by atoms with E-state index in [0.29, 0.717) is 24.2 Å². The molecule has 0 aliphatic carbocycles. The van der Waals surface area contributed by atoms with Crippen LogP contribution in [-0.4, -0.2) is 38.4 Å². The Morgan fingerprint density at radius 1 is 1.11 bits per heavy atom. The molecule has 3 N–H and O–H groups in total. The lowest BCUT2D eigenvalue weighted by Crippen LogP contribution is -2.39. The van der Waals surface area contributed by atoms with Crippen molar-refractivity contribution in [1.82, 2.24) is 5.32 Å². The van der Waals surface area contributed by atoms with Crippen LogP contribution in [0.2, 0.25) is 0 Å². The lowest BCUT2D eigenvalue weighted by Gasteiger charge is -2.11. The fraction of sp³-hybridized carbons (Fsp3) is 0.250. The van der Waals surface area contributed by atoms with Crippen LogP contribution in [0.25, 0.3) is 0 Å². The molecule has 7 heteroatoms. The first kappa shape index (κ1) is 20.0. The zero-order chi connectivity index (χ0) is 19.6. The topological polar surface area (TPSA) is 103 Å². The predicted octanol–water partition coefficient (Wildman–Crippen LogP) is 1.49. The number of nitrogens with two attached hydrogens (primary N) is 1. The maximum Gasteiger partial charge on any atom is 0.231 e. The molecule has 0 heterocycles. The van der Waals surface area contributed by atoms with Crippen molar-refractivity contribution in [1.29, 1.82) is 0 Å². The number of hydrogen-bond donors (Lipinski definition) is 2. The first-order chi connectivity index (χ1) is 13.0. The highest BCUT2D eigenvalue weighted by Gasteiger charge is 2.11. The van der Waals surface area contributed by atoms with E-state index >= 15 is 0 Å². The van der Waals surface area contributed by atoms with Crippen LogP contribution in [0.1, 0.15) is 11.1 Å². The van der Waals surface area contributed by atoms with Gasteiger partial charge in [-0.15, -0.1) is 0 Å². The molecule has 7 nitrogen and oxygen atoms in total. The second-order valence-corrected chi connectivity index (χ2v) is 5.82. The lowest BCUT2D eigenvalue weighted by molar-refractivity contribution is -0.119. The van der Waals surface area contributed by atoms with Crippen molar-refractivity contribution >= 4 is 18.2 Å². The van der Waals surface area contributed by atoms with Gasteiger partial charge < -0.3 is 20.0 Å². The van der Waals surface area contributed by atoms with Crippen LogP contribution >= 0.6 is 0 Å². The Labute approximate surface area is 158 Å². The van der Waals surface area contributed by atoms with Gasteiger partial charge in [0, 0.05) is 6.42 Å². The fourth-order valence-electron chi connectivity index (χ4n) is 2.55. The number of guanidine groups is 1. The summed E-state index contributed by atoms with van der Waals surface area (Å²) in [4.78, 5) is 27.5. The summed E-state index contributed by atoms with van der Waals surface area (Å²) < 4.78 is 10.4. The first-order valence-electron chi connectivity index (χ1n) is 8.39. The number of ether oxygens (including phenoxy) is 2. The minimum Gasteiger partial charge on any atom is -0.493 e. The van der Waals surface area contributed by atoms with Gasteiger partial charge in [0.25, 0.3) is 0 Å². The summed E-state index contributed by atoms with van der Waals surface area (Å²) in [6.45, 7) is 0. The van der Waals surface area contributed by atoms with Crippen LogP contribution in [0.15, 0.2) is 53.5 Å². The standard InChI is InChI=1S/C20H23N3O4/c1-26-17-9-8-15(11-18(17)27-2)12-19(25)23-20(21)22-16(13-24)10-14-6-4-3-5-7-14/h3-9,11,13,16H,10,12H2,1-2H3,(H3,21,22,23,25)/t16-/m1/s1. The Hall–Kier alpha value is -3.35. The van der Waals surface area contributed by atoms with Gasteiger partial charge in [0.05, 0.1) is 20.6 Å². The number of carbonyl (C=O) groups excluding carboxylic acids is 2. The Morgan fingerprint density at radius 2 is 1.81 bits per heavy atom. The molecule has 142 valence electrons. The summed E-state index contributed by atoms with van der Waals surface area (Å²) in [5, 5.41) is 2.50.